The quantitative estimate of drug-likeness (QED) is 0.766. The van der Waals surface area contributed by atoms with Crippen molar-refractivity contribution >= 4 is 27.5 Å². The fraction of sp³-hybridized carbons (Fsp3) is 0.200. The Kier molecular flexibility index (Phi) is 4.29. The van der Waals surface area contributed by atoms with E-state index in [2.05, 4.69) is 0 Å². The lowest BCUT2D eigenvalue weighted by Gasteiger charge is -2.24. The summed E-state index contributed by atoms with van der Waals surface area (Å²) < 4.78 is 67.1. The maximum absolute atomic E-state index is 14.0. The van der Waals surface area contributed by atoms with Gasteiger partial charge in [0.05, 0.1) is 5.69 Å². The molecule has 0 radical (unpaired) electrons. The molecule has 0 aliphatic carbocycles. The second-order valence-electron chi connectivity index (χ2n) is 4.92. The fourth-order valence-corrected chi connectivity index (χ4v) is 5.00. The third-order valence-corrected chi connectivity index (χ3v) is 6.44. The zero-order valence-electron chi connectivity index (χ0n) is 11.8. The summed E-state index contributed by atoms with van der Waals surface area (Å²) in [6, 6.07) is 8.21. The van der Waals surface area contributed by atoms with Crippen LogP contribution < -0.4 is 4.31 Å². The van der Waals surface area contributed by atoms with Gasteiger partial charge in [0.25, 0.3) is 10.0 Å². The molecule has 0 fully saturated rings. The molecule has 0 unspecified atom stereocenters. The maximum Gasteiger partial charge on any atom is 0.267 e. The van der Waals surface area contributed by atoms with Gasteiger partial charge < -0.3 is 0 Å². The van der Waals surface area contributed by atoms with Gasteiger partial charge in [-0.2, -0.15) is 0 Å². The van der Waals surface area contributed by atoms with Gasteiger partial charge in [-0.15, -0.1) is 11.8 Å². The smallest absolute Gasteiger partial charge is 0.265 e. The summed E-state index contributed by atoms with van der Waals surface area (Å²) in [4.78, 5) is -0.116. The zero-order valence-corrected chi connectivity index (χ0v) is 13.4. The Bertz CT molecular complexity index is 856. The lowest BCUT2D eigenvalue weighted by Crippen LogP contribution is -2.32. The Morgan fingerprint density at radius 1 is 1.00 bits per heavy atom. The molecule has 0 saturated heterocycles. The minimum atomic E-state index is -4.33. The molecule has 8 heteroatoms. The molecular weight excluding hydrogens is 347 g/mol. The number of rotatable bonds is 2. The van der Waals surface area contributed by atoms with E-state index in [1.165, 1.54) is 11.8 Å². The highest BCUT2D eigenvalue weighted by Gasteiger charge is 2.32. The van der Waals surface area contributed by atoms with Gasteiger partial charge in [0, 0.05) is 11.4 Å². The number of anilines is 1. The van der Waals surface area contributed by atoms with E-state index in [-0.39, 0.29) is 6.54 Å². The topological polar surface area (TPSA) is 37.4 Å². The first-order chi connectivity index (χ1) is 10.9. The van der Waals surface area contributed by atoms with Crippen molar-refractivity contribution in [2.24, 2.45) is 0 Å². The van der Waals surface area contributed by atoms with Crippen LogP contribution in [-0.4, -0.2) is 20.7 Å². The molecule has 0 spiro atoms. The SMILES string of the molecule is O=S(=O)(c1ccc(F)c(F)c1F)N1CCCSc2ccccc21. The van der Waals surface area contributed by atoms with Crippen LogP contribution in [0.5, 0.6) is 0 Å². The monoisotopic (exact) mass is 359 g/mol. The number of nitrogens with zero attached hydrogens (tertiary/aromatic N) is 1. The van der Waals surface area contributed by atoms with E-state index in [1.54, 1.807) is 24.3 Å². The van der Waals surface area contributed by atoms with Crippen LogP contribution >= 0.6 is 11.8 Å². The standard InChI is InChI=1S/C15H12F3NO2S2/c16-10-6-7-13(15(18)14(10)17)23(20,21)19-8-3-9-22-12-5-2-1-4-11(12)19/h1-2,4-7H,3,8-9H2. The van der Waals surface area contributed by atoms with Crippen LogP contribution in [0.3, 0.4) is 0 Å². The van der Waals surface area contributed by atoms with E-state index in [0.717, 1.165) is 15.3 Å². The molecule has 2 aromatic carbocycles. The summed E-state index contributed by atoms with van der Waals surface area (Å²) in [7, 11) is -4.33. The van der Waals surface area contributed by atoms with Crippen LogP contribution in [-0.2, 0) is 10.0 Å². The minimum Gasteiger partial charge on any atom is -0.265 e. The third kappa shape index (κ3) is 2.81. The highest BCUT2D eigenvalue weighted by Crippen LogP contribution is 2.37. The molecule has 0 saturated carbocycles. The first-order valence-corrected chi connectivity index (χ1v) is 9.23. The van der Waals surface area contributed by atoms with Gasteiger partial charge in [-0.1, -0.05) is 12.1 Å². The van der Waals surface area contributed by atoms with Crippen molar-refractivity contribution in [2.75, 3.05) is 16.6 Å². The van der Waals surface area contributed by atoms with Gasteiger partial charge in [-0.05, 0) is 36.4 Å². The van der Waals surface area contributed by atoms with Crippen molar-refractivity contribution in [1.82, 2.24) is 0 Å². The van der Waals surface area contributed by atoms with Crippen molar-refractivity contribution in [3.63, 3.8) is 0 Å². The first-order valence-electron chi connectivity index (χ1n) is 6.81. The van der Waals surface area contributed by atoms with Gasteiger partial charge in [-0.3, -0.25) is 4.31 Å². The average Bonchev–Trinajstić information content (AvgIpc) is 2.75. The summed E-state index contributed by atoms with van der Waals surface area (Å²) in [5.74, 6) is -4.19. The van der Waals surface area contributed by atoms with E-state index in [1.807, 2.05) is 0 Å². The van der Waals surface area contributed by atoms with Crippen LogP contribution in [0.4, 0.5) is 18.9 Å². The van der Waals surface area contributed by atoms with E-state index in [0.29, 0.717) is 23.9 Å². The van der Waals surface area contributed by atoms with Gasteiger partial charge in [0.15, 0.2) is 17.5 Å². The second kappa shape index (κ2) is 6.09. The number of hydrogen-bond donors (Lipinski definition) is 0. The lowest BCUT2D eigenvalue weighted by atomic mass is 10.3. The fourth-order valence-electron chi connectivity index (χ4n) is 2.37. The van der Waals surface area contributed by atoms with Crippen molar-refractivity contribution < 1.29 is 21.6 Å². The predicted octanol–water partition coefficient (Wildman–Crippen LogP) is 3.80. The lowest BCUT2D eigenvalue weighted by molar-refractivity contribution is 0.432. The maximum atomic E-state index is 14.0. The van der Waals surface area contributed by atoms with Gasteiger partial charge in [0.2, 0.25) is 0 Å². The molecule has 1 aliphatic rings. The molecule has 0 amide bonds. The Morgan fingerprint density at radius 3 is 2.52 bits per heavy atom. The number of fused-ring (bicyclic) bond motifs is 1. The third-order valence-electron chi connectivity index (χ3n) is 3.46. The number of hydrogen-bond acceptors (Lipinski definition) is 3. The normalized spacial score (nSPS) is 15.2. The second-order valence-corrected chi connectivity index (χ2v) is 7.89. The highest BCUT2D eigenvalue weighted by molar-refractivity contribution is 7.99. The van der Waals surface area contributed by atoms with Crippen molar-refractivity contribution in [1.29, 1.82) is 0 Å². The van der Waals surface area contributed by atoms with Crippen LogP contribution in [0, 0.1) is 17.5 Å². The average molecular weight is 359 g/mol. The number of para-hydroxylation sites is 1. The summed E-state index contributed by atoms with van der Waals surface area (Å²) in [6.07, 6.45) is 0.559. The highest BCUT2D eigenvalue weighted by atomic mass is 32.2. The summed E-state index contributed by atoms with van der Waals surface area (Å²) in [6.45, 7) is 0.144. The molecule has 23 heavy (non-hydrogen) atoms. The Balaban J connectivity index is 2.16. The number of benzene rings is 2. The van der Waals surface area contributed by atoms with Crippen LogP contribution in [0.15, 0.2) is 46.2 Å². The Morgan fingerprint density at radius 2 is 1.74 bits per heavy atom. The molecule has 0 atom stereocenters. The number of sulfonamides is 1. The number of halogens is 3. The van der Waals surface area contributed by atoms with E-state index >= 15 is 0 Å². The summed E-state index contributed by atoms with van der Waals surface area (Å²) >= 11 is 1.50. The first kappa shape index (κ1) is 16.2. The largest absolute Gasteiger partial charge is 0.267 e. The molecule has 1 heterocycles. The van der Waals surface area contributed by atoms with Crippen LogP contribution in [0.25, 0.3) is 0 Å². The predicted molar refractivity (Wildman–Crippen MR) is 82.6 cm³/mol. The van der Waals surface area contributed by atoms with E-state index in [9.17, 15) is 21.6 Å². The van der Waals surface area contributed by atoms with Gasteiger partial charge in [0.1, 0.15) is 4.90 Å². The molecule has 122 valence electrons. The zero-order chi connectivity index (χ0) is 16.6. The van der Waals surface area contributed by atoms with E-state index in [4.69, 9.17) is 0 Å². The molecule has 2 aromatic rings. The molecule has 0 bridgehead atoms. The van der Waals surface area contributed by atoms with Crippen molar-refractivity contribution in [3.05, 3.63) is 53.8 Å². The Labute approximate surface area is 136 Å². The van der Waals surface area contributed by atoms with Crippen molar-refractivity contribution in [3.8, 4) is 0 Å². The Hall–Kier alpha value is -1.67. The molecule has 0 aromatic heterocycles. The van der Waals surface area contributed by atoms with Crippen molar-refractivity contribution in [2.45, 2.75) is 16.2 Å². The van der Waals surface area contributed by atoms with Crippen LogP contribution in [0.2, 0.25) is 0 Å². The molecule has 0 N–H and O–H groups in total. The minimum absolute atomic E-state index is 0.144. The summed E-state index contributed by atoms with van der Waals surface area (Å²) in [5.41, 5.74) is 0.416. The van der Waals surface area contributed by atoms with Gasteiger partial charge in [-0.25, -0.2) is 21.6 Å². The molecule has 3 nitrogen and oxygen atoms in total. The molecule has 3 rings (SSSR count). The van der Waals surface area contributed by atoms with Gasteiger partial charge >= 0.3 is 0 Å². The summed E-state index contributed by atoms with van der Waals surface area (Å²) in [5, 5.41) is 0. The van der Waals surface area contributed by atoms with E-state index < -0.39 is 32.4 Å². The van der Waals surface area contributed by atoms with Crippen LogP contribution in [0.1, 0.15) is 6.42 Å². The number of thioether (sulfide) groups is 1. The molecule has 1 aliphatic heterocycles. The molecular formula is C15H12F3NO2S2.